The number of aromatic nitrogens is 9. The first-order valence-electron chi connectivity index (χ1n) is 47.6. The molecule has 0 unspecified atom stereocenters. The molecule has 9 heteroatoms. The summed E-state index contributed by atoms with van der Waals surface area (Å²) in [7, 11) is 10.5. The molecule has 0 atom stereocenters. The molecule has 126 heavy (non-hydrogen) atoms. The van der Waals surface area contributed by atoms with Crippen LogP contribution in [-0.4, -0.2) is 18.1 Å². The zero-order chi connectivity index (χ0) is 95.8. The monoisotopic (exact) mass is 1700 g/mol. The molecule has 0 radical (unpaired) electrons. The number of benzene rings is 11. The lowest BCUT2D eigenvalue weighted by Crippen LogP contribution is -2.30. The van der Waals surface area contributed by atoms with E-state index in [9.17, 15) is 0 Å². The Labute approximate surface area is 767 Å². The second kappa shape index (κ2) is 68.3. The van der Waals surface area contributed by atoms with E-state index in [1.165, 1.54) is 140 Å². The van der Waals surface area contributed by atoms with Gasteiger partial charge in [-0.05, 0) is 159 Å². The molecule has 17 aromatic rings. The maximum Gasteiger partial charge on any atom is 0.295 e. The van der Waals surface area contributed by atoms with Gasteiger partial charge >= 0.3 is 0 Å². The summed E-state index contributed by atoms with van der Waals surface area (Å²) in [6.45, 7) is 66.8. The minimum absolute atomic E-state index is 1.18. The second-order valence-corrected chi connectivity index (χ2v) is 25.1. The van der Waals surface area contributed by atoms with Crippen molar-refractivity contribution in [2.24, 2.45) is 35.2 Å². The van der Waals surface area contributed by atoms with Gasteiger partial charge in [-0.2, -0.15) is 18.1 Å². The van der Waals surface area contributed by atoms with Crippen LogP contribution in [0.3, 0.4) is 0 Å². The molecule has 0 spiro atoms. The van der Waals surface area contributed by atoms with Crippen LogP contribution in [0, 0.1) is 34.6 Å². The van der Waals surface area contributed by atoms with E-state index in [4.69, 9.17) is 0 Å². The van der Waals surface area contributed by atoms with Gasteiger partial charge in [-0.15, -0.1) is 0 Å². The zero-order valence-electron chi connectivity index (χ0n) is 85.7. The van der Waals surface area contributed by atoms with E-state index < -0.39 is 0 Å². The Morgan fingerprint density at radius 3 is 0.913 bits per heavy atom. The molecule has 0 saturated heterocycles. The maximum atomic E-state index is 2.40. The van der Waals surface area contributed by atoms with Gasteiger partial charge in [0, 0.05) is 28.5 Å². The summed E-state index contributed by atoms with van der Waals surface area (Å²) in [6.07, 6.45) is 10.5. The molecule has 0 amide bonds. The Bertz CT molecular complexity index is 5470. The average molecular weight is 1700 g/mol. The second-order valence-electron chi connectivity index (χ2n) is 25.1. The number of hydrogen-bond acceptors (Lipinski definition) is 0. The van der Waals surface area contributed by atoms with E-state index in [-0.39, 0.29) is 0 Å². The van der Waals surface area contributed by atoms with E-state index >= 15 is 0 Å². The first-order valence-corrected chi connectivity index (χ1v) is 47.6. The molecule has 0 aliphatic carbocycles. The SMILES string of the molecule is CC.CC.CC.CC.CC.CC.CC.CC.CC.CC.CC.CC.CC.CC.Cc1cccc2c3ccccc3n3c4ccccc4[n+](C)c3c12.Cc1ccccc1-c1cccc[n+]1C.Cc1ccccc1-c1n(-c2ccccc2)c2ccccc2[n+]1C.Cc1ccccc1-c1n(-c2ccccc2)cc[n+]1C.Cc1ccccc1-c1n(-c2ccccc2)cc[n+]1C. The lowest BCUT2D eigenvalue weighted by atomic mass is 10.0. The van der Waals surface area contributed by atoms with Crippen LogP contribution >= 0.6 is 0 Å². The van der Waals surface area contributed by atoms with Crippen LogP contribution in [0.5, 0.6) is 0 Å². The molecule has 11 aromatic carbocycles. The molecular formula is C117H168N9+5. The van der Waals surface area contributed by atoms with Crippen molar-refractivity contribution < 1.29 is 22.8 Å². The van der Waals surface area contributed by atoms with Crippen molar-refractivity contribution in [2.45, 2.75) is 228 Å². The van der Waals surface area contributed by atoms with E-state index in [0.29, 0.717) is 0 Å². The smallest absolute Gasteiger partial charge is 0.232 e. The Kier molecular flexibility index (Phi) is 62.9. The van der Waals surface area contributed by atoms with Gasteiger partial charge in [0.25, 0.3) is 23.1 Å². The molecule has 676 valence electrons. The van der Waals surface area contributed by atoms with Crippen LogP contribution in [0.15, 0.2) is 328 Å². The fourth-order valence-electron chi connectivity index (χ4n) is 13.7. The summed E-state index contributed by atoms with van der Waals surface area (Å²) in [5, 5.41) is 3.97. The lowest BCUT2D eigenvalue weighted by Gasteiger charge is -2.06. The number of para-hydroxylation sites is 8. The van der Waals surface area contributed by atoms with E-state index in [0.717, 1.165) is 0 Å². The first-order chi connectivity index (χ1) is 61.9. The summed E-state index contributed by atoms with van der Waals surface area (Å²) >= 11 is 0. The van der Waals surface area contributed by atoms with Gasteiger partial charge in [0.2, 0.25) is 5.69 Å². The first kappa shape index (κ1) is 116. The molecule has 0 saturated carbocycles. The zero-order valence-corrected chi connectivity index (χ0v) is 85.7. The Morgan fingerprint density at radius 2 is 0.516 bits per heavy atom. The van der Waals surface area contributed by atoms with Gasteiger partial charge in [0.05, 0.1) is 50.3 Å². The molecule has 9 nitrogen and oxygen atoms in total. The molecule has 0 N–H and O–H groups in total. The number of nitrogens with zero attached hydrogens (tertiary/aromatic N) is 9. The summed E-state index contributed by atoms with van der Waals surface area (Å²) in [6, 6.07) is 104. The van der Waals surface area contributed by atoms with Crippen LogP contribution < -0.4 is 22.8 Å². The third-order valence-electron chi connectivity index (χ3n) is 18.7. The number of imidazole rings is 4. The van der Waals surface area contributed by atoms with Gasteiger partial charge < -0.3 is 0 Å². The molecule has 0 aliphatic heterocycles. The minimum atomic E-state index is 1.18. The summed E-state index contributed by atoms with van der Waals surface area (Å²) < 4.78 is 20.3. The summed E-state index contributed by atoms with van der Waals surface area (Å²) in [5.74, 6) is 3.60. The Morgan fingerprint density at radius 1 is 0.214 bits per heavy atom. The summed E-state index contributed by atoms with van der Waals surface area (Å²) in [4.78, 5) is 0. The number of rotatable bonds is 7. The molecule has 6 aromatic heterocycles. The van der Waals surface area contributed by atoms with Gasteiger partial charge in [-0.25, -0.2) is 22.8 Å². The van der Waals surface area contributed by atoms with Crippen molar-refractivity contribution in [3.8, 4) is 62.5 Å². The van der Waals surface area contributed by atoms with E-state index in [2.05, 4.69) is 421 Å². The lowest BCUT2D eigenvalue weighted by molar-refractivity contribution is -0.660. The van der Waals surface area contributed by atoms with E-state index in [1.54, 1.807) is 0 Å². The molecule has 0 bridgehead atoms. The van der Waals surface area contributed by atoms with Crippen LogP contribution in [-0.2, 0) is 35.2 Å². The van der Waals surface area contributed by atoms with Crippen LogP contribution in [0.25, 0.3) is 112 Å². The van der Waals surface area contributed by atoms with Crippen LogP contribution in [0.2, 0.25) is 0 Å². The van der Waals surface area contributed by atoms with Crippen LogP contribution in [0.4, 0.5) is 0 Å². The number of pyridine rings is 2. The third kappa shape index (κ3) is 30.7. The van der Waals surface area contributed by atoms with Gasteiger partial charge in [-0.3, -0.25) is 0 Å². The van der Waals surface area contributed by atoms with Gasteiger partial charge in [0.15, 0.2) is 28.3 Å². The molecule has 0 fully saturated rings. The Balaban J connectivity index is 0. The third-order valence-corrected chi connectivity index (χ3v) is 18.7. The van der Waals surface area contributed by atoms with Crippen molar-refractivity contribution in [3.63, 3.8) is 0 Å². The molecule has 0 aliphatic rings. The number of fused-ring (bicyclic) bond motifs is 9. The fourth-order valence-corrected chi connectivity index (χ4v) is 13.7. The largest absolute Gasteiger partial charge is 0.295 e. The highest BCUT2D eigenvalue weighted by atomic mass is 15.2. The fraction of sp³-hybridized carbons (Fsp3) is 0.325. The van der Waals surface area contributed by atoms with Crippen molar-refractivity contribution in [1.29, 1.82) is 0 Å². The molecular weight excluding hydrogens is 1530 g/mol. The predicted octanol–water partition coefficient (Wildman–Crippen LogP) is 32.4. The van der Waals surface area contributed by atoms with Crippen molar-refractivity contribution in [3.05, 3.63) is 356 Å². The molecule has 17 rings (SSSR count). The minimum Gasteiger partial charge on any atom is -0.232 e. The van der Waals surface area contributed by atoms with Crippen LogP contribution in [0.1, 0.15) is 222 Å². The van der Waals surface area contributed by atoms with Crippen molar-refractivity contribution in [2.75, 3.05) is 0 Å². The van der Waals surface area contributed by atoms with E-state index in [1.807, 2.05) is 212 Å². The average Bonchev–Trinajstić information content (AvgIpc) is 1.54. The highest BCUT2D eigenvalue weighted by Gasteiger charge is 2.28. The highest BCUT2D eigenvalue weighted by molar-refractivity contribution is 6.13. The standard InChI is InChI=1S/C21H17N2.C21H19N2.2C17H17N2.C13H14N.14C2H6/c1-14-8-7-10-16-15-9-3-4-11-17(15)23-19-13-6-5-12-18(19)22(2)21(23)20(14)16;1-16-10-6-7-13-18(16)21-22(2)19-14-8-9-15-20(19)23(21)17-11-4-3-5-12-17;2*1-14-8-6-7-11-16(14)17-18(2)12-13-19(17)15-9-4-3-5-10-15;1-11-7-3-4-8-12(11)13-9-5-6-10-14(13)2;14*1-2/h3-13H,1-2H3;3-15H,1-2H3;2*3-13H,1-2H3;3-10H,1-2H3;14*1-2H3/q5*+1;;;;;;;;;;;;;;. The topological polar surface area (TPSA) is 38.6 Å². The normalized spacial score (nSPS) is 9.19. The van der Waals surface area contributed by atoms with Crippen molar-refractivity contribution in [1.82, 2.24) is 18.1 Å². The number of aryl methyl sites for hydroxylation is 10. The number of hydrogen-bond donors (Lipinski definition) is 0. The summed E-state index contributed by atoms with van der Waals surface area (Å²) in [5.41, 5.74) is 23.9. The van der Waals surface area contributed by atoms with Gasteiger partial charge in [-0.1, -0.05) is 382 Å². The van der Waals surface area contributed by atoms with Gasteiger partial charge in [0.1, 0.15) is 54.4 Å². The highest BCUT2D eigenvalue weighted by Crippen LogP contribution is 2.34. The molecule has 6 heterocycles. The Hall–Kier alpha value is -12.1. The predicted molar refractivity (Wildman–Crippen MR) is 561 cm³/mol. The van der Waals surface area contributed by atoms with Crippen molar-refractivity contribution >= 4 is 49.4 Å². The quantitative estimate of drug-likeness (QED) is 0.113. The maximum absolute atomic E-state index is 2.40.